The SMILES string of the molecule is CN(C(=O)C1CCCN1)c1cnn(C)c1.Cl.Cl. The van der Waals surface area contributed by atoms with Crippen molar-refractivity contribution < 1.29 is 4.79 Å². The van der Waals surface area contributed by atoms with Gasteiger partial charge >= 0.3 is 0 Å². The van der Waals surface area contributed by atoms with Crippen LogP contribution >= 0.6 is 24.8 Å². The Bertz CT molecular complexity index is 363. The molecule has 0 saturated carbocycles. The van der Waals surface area contributed by atoms with Crippen molar-refractivity contribution in [1.82, 2.24) is 15.1 Å². The Morgan fingerprint density at radius 3 is 2.76 bits per heavy atom. The van der Waals surface area contributed by atoms with Gasteiger partial charge in [-0.3, -0.25) is 9.48 Å². The van der Waals surface area contributed by atoms with Crippen LogP contribution in [0.2, 0.25) is 0 Å². The van der Waals surface area contributed by atoms with Crippen LogP contribution in [-0.4, -0.2) is 35.3 Å². The summed E-state index contributed by atoms with van der Waals surface area (Å²) in [4.78, 5) is 13.6. The molecule has 17 heavy (non-hydrogen) atoms. The highest BCUT2D eigenvalue weighted by atomic mass is 35.5. The van der Waals surface area contributed by atoms with E-state index in [1.807, 2.05) is 13.2 Å². The molecule has 1 saturated heterocycles. The van der Waals surface area contributed by atoms with Gasteiger partial charge in [-0.25, -0.2) is 0 Å². The summed E-state index contributed by atoms with van der Waals surface area (Å²) in [6.45, 7) is 0.942. The number of hydrogen-bond donors (Lipinski definition) is 1. The van der Waals surface area contributed by atoms with E-state index in [1.165, 1.54) is 0 Å². The maximum atomic E-state index is 12.0. The van der Waals surface area contributed by atoms with Gasteiger partial charge in [-0.2, -0.15) is 5.10 Å². The molecule has 0 aliphatic carbocycles. The van der Waals surface area contributed by atoms with Crippen molar-refractivity contribution in [2.24, 2.45) is 7.05 Å². The quantitative estimate of drug-likeness (QED) is 0.879. The number of aryl methyl sites for hydroxylation is 1. The maximum absolute atomic E-state index is 12.0. The van der Waals surface area contributed by atoms with Crippen molar-refractivity contribution in [3.05, 3.63) is 12.4 Å². The molecular weight excluding hydrogens is 263 g/mol. The number of aromatic nitrogens is 2. The predicted octanol–water partition coefficient (Wildman–Crippen LogP) is 0.978. The van der Waals surface area contributed by atoms with Gasteiger partial charge in [-0.15, -0.1) is 24.8 Å². The Hall–Kier alpha value is -0.780. The van der Waals surface area contributed by atoms with Crippen LogP contribution in [0.25, 0.3) is 0 Å². The van der Waals surface area contributed by atoms with Crippen molar-refractivity contribution in [3.8, 4) is 0 Å². The third-order valence-corrected chi connectivity index (χ3v) is 2.77. The van der Waals surface area contributed by atoms with E-state index in [-0.39, 0.29) is 36.8 Å². The highest BCUT2D eigenvalue weighted by Gasteiger charge is 2.25. The molecule has 0 spiro atoms. The molecular formula is C10H18Cl2N4O. The monoisotopic (exact) mass is 280 g/mol. The summed E-state index contributed by atoms with van der Waals surface area (Å²) in [6, 6.07) is -0.0183. The number of nitrogens with zero attached hydrogens (tertiary/aromatic N) is 3. The topological polar surface area (TPSA) is 50.2 Å². The molecule has 1 fully saturated rings. The molecule has 2 rings (SSSR count). The number of halogens is 2. The van der Waals surface area contributed by atoms with E-state index in [2.05, 4.69) is 10.4 Å². The Morgan fingerprint density at radius 2 is 2.29 bits per heavy atom. The van der Waals surface area contributed by atoms with E-state index >= 15 is 0 Å². The first-order valence-electron chi connectivity index (χ1n) is 5.18. The molecule has 1 aliphatic rings. The average Bonchev–Trinajstić information content (AvgIpc) is 2.85. The zero-order chi connectivity index (χ0) is 10.8. The average molecular weight is 281 g/mol. The van der Waals surface area contributed by atoms with Gasteiger partial charge in [0.05, 0.1) is 17.9 Å². The molecule has 1 atom stereocenters. The fourth-order valence-electron chi connectivity index (χ4n) is 1.84. The molecule has 0 radical (unpaired) electrons. The lowest BCUT2D eigenvalue weighted by Gasteiger charge is -2.19. The number of anilines is 1. The molecule has 1 amide bonds. The van der Waals surface area contributed by atoms with E-state index < -0.39 is 0 Å². The Kier molecular flexibility index (Phi) is 6.52. The molecule has 0 bridgehead atoms. The summed E-state index contributed by atoms with van der Waals surface area (Å²) in [7, 11) is 3.63. The largest absolute Gasteiger partial charge is 0.311 e. The number of carbonyl (C=O) groups excluding carboxylic acids is 1. The molecule has 1 N–H and O–H groups in total. The first-order valence-corrected chi connectivity index (χ1v) is 5.18. The van der Waals surface area contributed by atoms with Crippen LogP contribution in [0.3, 0.4) is 0 Å². The Balaban J connectivity index is 0.00000128. The molecule has 2 heterocycles. The van der Waals surface area contributed by atoms with Gasteiger partial charge in [-0.1, -0.05) is 0 Å². The van der Waals surface area contributed by atoms with Crippen molar-refractivity contribution >= 4 is 36.4 Å². The van der Waals surface area contributed by atoms with Crippen LogP contribution in [0.15, 0.2) is 12.4 Å². The van der Waals surface area contributed by atoms with E-state index in [9.17, 15) is 4.79 Å². The minimum Gasteiger partial charge on any atom is -0.311 e. The first-order chi connectivity index (χ1) is 7.18. The highest BCUT2D eigenvalue weighted by molar-refractivity contribution is 5.96. The first kappa shape index (κ1) is 16.2. The fraction of sp³-hybridized carbons (Fsp3) is 0.600. The van der Waals surface area contributed by atoms with Crippen LogP contribution in [0.1, 0.15) is 12.8 Å². The van der Waals surface area contributed by atoms with Gasteiger partial charge in [0, 0.05) is 20.3 Å². The fourth-order valence-corrected chi connectivity index (χ4v) is 1.84. The molecule has 1 aromatic rings. The Labute approximate surface area is 113 Å². The lowest BCUT2D eigenvalue weighted by atomic mass is 10.2. The van der Waals surface area contributed by atoms with Crippen molar-refractivity contribution in [1.29, 1.82) is 0 Å². The summed E-state index contributed by atoms with van der Waals surface area (Å²) in [5, 5.41) is 7.24. The Morgan fingerprint density at radius 1 is 1.59 bits per heavy atom. The van der Waals surface area contributed by atoms with Crippen LogP contribution in [-0.2, 0) is 11.8 Å². The zero-order valence-corrected chi connectivity index (χ0v) is 11.6. The van der Waals surface area contributed by atoms with Crippen molar-refractivity contribution in [2.45, 2.75) is 18.9 Å². The number of amides is 1. The molecule has 1 aromatic heterocycles. The lowest BCUT2D eigenvalue weighted by molar-refractivity contribution is -0.119. The zero-order valence-electron chi connectivity index (χ0n) is 9.92. The lowest BCUT2D eigenvalue weighted by Crippen LogP contribution is -2.41. The second-order valence-corrected chi connectivity index (χ2v) is 3.92. The van der Waals surface area contributed by atoms with Gasteiger partial charge in [0.2, 0.25) is 5.91 Å². The molecule has 1 aliphatic heterocycles. The number of rotatable bonds is 2. The summed E-state index contributed by atoms with van der Waals surface area (Å²) in [5.41, 5.74) is 0.844. The van der Waals surface area contributed by atoms with E-state index in [0.29, 0.717) is 0 Å². The number of carbonyl (C=O) groups is 1. The summed E-state index contributed by atoms with van der Waals surface area (Å²) >= 11 is 0. The normalized spacial score (nSPS) is 18.1. The number of nitrogens with one attached hydrogen (secondary N) is 1. The third kappa shape index (κ3) is 3.59. The minimum absolute atomic E-state index is 0. The maximum Gasteiger partial charge on any atom is 0.243 e. The molecule has 0 aromatic carbocycles. The van der Waals surface area contributed by atoms with Crippen LogP contribution in [0, 0.1) is 0 Å². The van der Waals surface area contributed by atoms with E-state index in [1.54, 1.807) is 22.8 Å². The highest BCUT2D eigenvalue weighted by Crippen LogP contribution is 2.14. The van der Waals surface area contributed by atoms with E-state index in [0.717, 1.165) is 25.1 Å². The van der Waals surface area contributed by atoms with Gasteiger partial charge in [0.25, 0.3) is 0 Å². The molecule has 1 unspecified atom stereocenters. The minimum atomic E-state index is -0.0183. The number of likely N-dealkylation sites (N-methyl/N-ethyl adjacent to an activating group) is 1. The molecule has 7 heteroatoms. The smallest absolute Gasteiger partial charge is 0.243 e. The second-order valence-electron chi connectivity index (χ2n) is 3.92. The predicted molar refractivity (Wildman–Crippen MR) is 72.1 cm³/mol. The van der Waals surface area contributed by atoms with E-state index in [4.69, 9.17) is 0 Å². The van der Waals surface area contributed by atoms with Crippen LogP contribution in [0.5, 0.6) is 0 Å². The van der Waals surface area contributed by atoms with Crippen LogP contribution < -0.4 is 10.2 Å². The third-order valence-electron chi connectivity index (χ3n) is 2.77. The summed E-state index contributed by atoms with van der Waals surface area (Å²) in [6.07, 6.45) is 5.56. The molecule has 5 nitrogen and oxygen atoms in total. The van der Waals surface area contributed by atoms with Gasteiger partial charge < -0.3 is 10.2 Å². The summed E-state index contributed by atoms with van der Waals surface area (Å²) in [5.74, 6) is 0.125. The van der Waals surface area contributed by atoms with Crippen LogP contribution in [0.4, 0.5) is 5.69 Å². The second kappa shape index (κ2) is 6.83. The molecule has 98 valence electrons. The van der Waals surface area contributed by atoms with Gasteiger partial charge in [0.1, 0.15) is 0 Å². The number of hydrogen-bond acceptors (Lipinski definition) is 3. The van der Waals surface area contributed by atoms with Gasteiger partial charge in [-0.05, 0) is 19.4 Å². The standard InChI is InChI=1S/C10H16N4O.2ClH/c1-13-7-8(6-12-13)14(2)10(15)9-4-3-5-11-9;;/h6-7,9,11H,3-5H2,1-2H3;2*1H. The van der Waals surface area contributed by atoms with Crippen molar-refractivity contribution in [3.63, 3.8) is 0 Å². The van der Waals surface area contributed by atoms with Gasteiger partial charge in [0.15, 0.2) is 0 Å². The van der Waals surface area contributed by atoms with Crippen molar-refractivity contribution in [2.75, 3.05) is 18.5 Å². The summed E-state index contributed by atoms with van der Waals surface area (Å²) < 4.78 is 1.70.